The lowest BCUT2D eigenvalue weighted by atomic mass is 9.87. The van der Waals surface area contributed by atoms with Crippen molar-refractivity contribution in [2.75, 3.05) is 0 Å². The minimum absolute atomic E-state index is 0.0947. The Morgan fingerprint density at radius 1 is 0.792 bits per heavy atom. The maximum atomic E-state index is 13.0. The third kappa shape index (κ3) is 8.59. The molecule has 0 aromatic rings. The van der Waals surface area contributed by atoms with Gasteiger partial charge in [-0.05, 0) is 64.8 Å². The fourth-order valence-corrected chi connectivity index (χ4v) is 5.18. The van der Waals surface area contributed by atoms with Crippen LogP contribution < -0.4 is 0 Å². The van der Waals surface area contributed by atoms with Crippen molar-refractivity contribution >= 4 is 36.9 Å². The topological polar surface area (TPSA) is 61.8 Å². The van der Waals surface area contributed by atoms with Crippen LogP contribution in [0.15, 0.2) is 0 Å². The lowest BCUT2D eigenvalue weighted by Gasteiger charge is -2.41. The van der Waals surface area contributed by atoms with Gasteiger partial charge in [-0.2, -0.15) is 0 Å². The molecule has 0 radical (unpaired) electrons. The van der Waals surface area contributed by atoms with Gasteiger partial charge in [0.1, 0.15) is 0 Å². The van der Waals surface area contributed by atoms with Gasteiger partial charge in [-0.25, -0.2) is 0 Å². The van der Waals surface area contributed by atoms with Crippen molar-refractivity contribution in [1.29, 1.82) is 0 Å². The summed E-state index contributed by atoms with van der Waals surface area (Å²) in [5, 5.41) is 0. The van der Waals surface area contributed by atoms with E-state index in [-0.39, 0.29) is 18.3 Å². The number of hydrogen-bond donors (Lipinski definition) is 0. The summed E-state index contributed by atoms with van der Waals surface area (Å²) in [5.74, 6) is -0.998. The second kappa shape index (κ2) is 7.84. The number of carbonyl (C=O) groups is 2. The van der Waals surface area contributed by atoms with E-state index >= 15 is 0 Å². The van der Waals surface area contributed by atoms with Gasteiger partial charge in [0.15, 0.2) is 13.9 Å². The summed E-state index contributed by atoms with van der Waals surface area (Å²) in [4.78, 5) is 25.5. The monoisotopic (exact) mass is 392 g/mol. The van der Waals surface area contributed by atoms with Crippen LogP contribution in [-0.2, 0) is 22.9 Å². The molecule has 24 heavy (non-hydrogen) atoms. The van der Waals surface area contributed by atoms with Gasteiger partial charge in [-0.1, -0.05) is 13.8 Å². The molecule has 0 fully saturated rings. The normalized spacial score (nSPS) is 15.8. The van der Waals surface area contributed by atoms with Gasteiger partial charge < -0.3 is 13.3 Å². The zero-order valence-corrected chi connectivity index (χ0v) is 20.3. The van der Waals surface area contributed by atoms with E-state index in [4.69, 9.17) is 13.3 Å². The summed E-state index contributed by atoms with van der Waals surface area (Å²) in [7, 11) is -6.24. The Morgan fingerprint density at radius 3 is 1.50 bits per heavy atom. The average molecular weight is 393 g/mol. The highest BCUT2D eigenvalue weighted by Gasteiger charge is 2.50. The summed E-state index contributed by atoms with van der Waals surface area (Å²) in [6.07, 6.45) is -0.0947. The predicted molar refractivity (Wildman–Crippen MR) is 105 cm³/mol. The maximum Gasteiger partial charge on any atom is 0.324 e. The van der Waals surface area contributed by atoms with Gasteiger partial charge in [0.2, 0.25) is 16.6 Å². The van der Waals surface area contributed by atoms with Crippen molar-refractivity contribution in [2.24, 2.45) is 5.92 Å². The first-order valence-electron chi connectivity index (χ1n) is 8.53. The Labute approximate surface area is 150 Å². The van der Waals surface area contributed by atoms with E-state index < -0.39 is 36.5 Å². The van der Waals surface area contributed by atoms with E-state index in [2.05, 4.69) is 0 Å². The largest absolute Gasteiger partial charge is 0.520 e. The summed E-state index contributed by atoms with van der Waals surface area (Å²) in [6.45, 7) is 21.5. The van der Waals surface area contributed by atoms with Crippen LogP contribution in [-0.4, -0.2) is 42.5 Å². The Morgan fingerprint density at radius 2 is 1.21 bits per heavy atom. The Kier molecular flexibility index (Phi) is 7.69. The Hall–Kier alpha value is -0.449. The smallest absolute Gasteiger partial charge is 0.324 e. The van der Waals surface area contributed by atoms with Gasteiger partial charge in [-0.15, -0.1) is 0 Å². The maximum absolute atomic E-state index is 13.0. The van der Waals surface area contributed by atoms with Crippen molar-refractivity contribution in [3.63, 3.8) is 0 Å². The lowest BCUT2D eigenvalue weighted by molar-refractivity contribution is -0.165. The van der Waals surface area contributed by atoms with Gasteiger partial charge in [0, 0.05) is 0 Å². The minimum atomic E-state index is -2.11. The zero-order chi connectivity index (χ0) is 19.6. The summed E-state index contributed by atoms with van der Waals surface area (Å²) >= 11 is 0. The van der Waals surface area contributed by atoms with E-state index in [0.29, 0.717) is 0 Å². The van der Waals surface area contributed by atoms with E-state index in [1.165, 1.54) is 0 Å². The third-order valence-electron chi connectivity index (χ3n) is 2.99. The molecule has 0 heterocycles. The molecule has 1 atom stereocenters. The molecule has 142 valence electrons. The molecule has 0 amide bonds. The minimum Gasteiger partial charge on any atom is -0.520 e. The van der Waals surface area contributed by atoms with Crippen molar-refractivity contribution in [1.82, 2.24) is 0 Å². The van der Waals surface area contributed by atoms with Crippen molar-refractivity contribution < 1.29 is 22.9 Å². The molecule has 0 saturated carbocycles. The van der Waals surface area contributed by atoms with E-state index in [1.807, 2.05) is 72.8 Å². The van der Waals surface area contributed by atoms with Gasteiger partial charge in [0.05, 0.1) is 6.42 Å². The number of hydrogen-bond acceptors (Lipinski definition) is 5. The number of rotatable bonds is 8. The number of carbonyl (C=O) groups excluding carboxylic acids is 2. The molecule has 0 aliphatic heterocycles. The molecule has 0 N–H and O–H groups in total. The van der Waals surface area contributed by atoms with E-state index in [1.54, 1.807) is 0 Å². The second-order valence-electron chi connectivity index (χ2n) is 9.52. The van der Waals surface area contributed by atoms with Crippen LogP contribution in [0.4, 0.5) is 0 Å². The molecule has 1 unspecified atom stereocenters. The van der Waals surface area contributed by atoms with Crippen LogP contribution in [0.1, 0.15) is 20.3 Å². The van der Waals surface area contributed by atoms with Crippen LogP contribution in [0, 0.1) is 5.92 Å². The van der Waals surface area contributed by atoms with Crippen LogP contribution in [0.2, 0.25) is 58.9 Å². The highest BCUT2D eigenvalue weighted by molar-refractivity contribution is 6.72. The van der Waals surface area contributed by atoms with Crippen molar-refractivity contribution in [2.45, 2.75) is 84.8 Å². The van der Waals surface area contributed by atoms with Gasteiger partial charge in [-0.3, -0.25) is 9.59 Å². The average Bonchev–Trinajstić information content (AvgIpc) is 2.19. The molecule has 8 heteroatoms. The predicted octanol–water partition coefficient (Wildman–Crippen LogP) is 4.38. The fourth-order valence-electron chi connectivity index (χ4n) is 2.21. The SMILES string of the molecule is CC(C)C(CC(=O)O[Si](C)(C)C)(O[Si](C)(C)C)C(=O)O[Si](C)(C)C. The third-order valence-corrected chi connectivity index (χ3v) is 5.61. The van der Waals surface area contributed by atoms with Crippen LogP contribution in [0.3, 0.4) is 0 Å². The van der Waals surface area contributed by atoms with E-state index in [9.17, 15) is 9.59 Å². The van der Waals surface area contributed by atoms with Crippen molar-refractivity contribution in [3.05, 3.63) is 0 Å². The molecule has 0 aliphatic rings. The van der Waals surface area contributed by atoms with Crippen molar-refractivity contribution in [3.8, 4) is 0 Å². The molecule has 0 aromatic heterocycles. The molecule has 0 spiro atoms. The van der Waals surface area contributed by atoms with Crippen LogP contribution >= 0.6 is 0 Å². The molecule has 5 nitrogen and oxygen atoms in total. The molecule has 0 bridgehead atoms. The Bertz CT molecular complexity index is 458. The van der Waals surface area contributed by atoms with E-state index in [0.717, 1.165) is 0 Å². The molecule has 0 aliphatic carbocycles. The van der Waals surface area contributed by atoms with Crippen LogP contribution in [0.5, 0.6) is 0 Å². The first-order valence-corrected chi connectivity index (χ1v) is 18.8. The molecule has 0 saturated heterocycles. The first kappa shape index (κ1) is 23.6. The highest BCUT2D eigenvalue weighted by atomic mass is 28.4. The van der Waals surface area contributed by atoms with Gasteiger partial charge >= 0.3 is 5.97 Å². The molecular weight excluding hydrogens is 356 g/mol. The molecule has 0 aromatic carbocycles. The second-order valence-corrected chi connectivity index (χ2v) is 22.8. The molecular formula is C16H36O5Si3. The quantitative estimate of drug-likeness (QED) is 0.574. The summed E-state index contributed by atoms with van der Waals surface area (Å²) in [6, 6.07) is 0. The zero-order valence-electron chi connectivity index (χ0n) is 17.3. The van der Waals surface area contributed by atoms with Gasteiger partial charge in [0.25, 0.3) is 5.97 Å². The van der Waals surface area contributed by atoms with Crippen LogP contribution in [0.25, 0.3) is 0 Å². The standard InChI is InChI=1S/C16H36O5Si3/c1-13(2)16(21-24(9,10)11,15(18)20-23(6,7)8)12-14(17)19-22(3,4)5/h13H,12H2,1-11H3. The summed E-state index contributed by atoms with van der Waals surface area (Å²) in [5.41, 5.74) is -1.28. The summed E-state index contributed by atoms with van der Waals surface area (Å²) < 4.78 is 17.6. The fraction of sp³-hybridized carbons (Fsp3) is 0.875. The lowest BCUT2D eigenvalue weighted by Crippen LogP contribution is -2.56. The first-order chi connectivity index (χ1) is 10.4. The highest BCUT2D eigenvalue weighted by Crippen LogP contribution is 2.33. The Balaban J connectivity index is 5.77. The molecule has 0 rings (SSSR count).